The lowest BCUT2D eigenvalue weighted by atomic mass is 10.1. The first-order valence-corrected chi connectivity index (χ1v) is 11.6. The van der Waals surface area contributed by atoms with E-state index in [0.29, 0.717) is 29.4 Å². The molecule has 3 rings (SSSR count). The van der Waals surface area contributed by atoms with Gasteiger partial charge in [0.2, 0.25) is 0 Å². The van der Waals surface area contributed by atoms with Gasteiger partial charge in [-0.05, 0) is 62.2 Å². The Morgan fingerprint density at radius 2 is 1.86 bits per heavy atom. The molecular weight excluding hydrogens is 386 g/mol. The van der Waals surface area contributed by atoms with E-state index in [4.69, 9.17) is 0 Å². The fraction of sp³-hybridized carbons (Fsp3) is 0.409. The molecular formula is C22H30N3O3S+. The maximum Gasteiger partial charge on any atom is 0.262 e. The first-order valence-electron chi connectivity index (χ1n) is 10.1. The highest BCUT2D eigenvalue weighted by molar-refractivity contribution is 7.92. The van der Waals surface area contributed by atoms with Gasteiger partial charge >= 0.3 is 0 Å². The number of likely N-dealkylation sites (N-methyl/N-ethyl adjacent to an activating group) is 1. The summed E-state index contributed by atoms with van der Waals surface area (Å²) >= 11 is 0. The monoisotopic (exact) mass is 416 g/mol. The van der Waals surface area contributed by atoms with Crippen LogP contribution in [0.4, 0.5) is 5.69 Å². The predicted octanol–water partition coefficient (Wildman–Crippen LogP) is 1.90. The van der Waals surface area contributed by atoms with E-state index in [-0.39, 0.29) is 10.8 Å². The molecule has 3 N–H and O–H groups in total. The molecule has 1 aliphatic heterocycles. The minimum atomic E-state index is -3.68. The average molecular weight is 417 g/mol. The lowest BCUT2D eigenvalue weighted by Crippen LogP contribution is -3.14. The Hall–Kier alpha value is -2.38. The Morgan fingerprint density at radius 1 is 1.14 bits per heavy atom. The normalized spacial score (nSPS) is 19.1. The van der Waals surface area contributed by atoms with Crippen molar-refractivity contribution in [3.8, 4) is 0 Å². The van der Waals surface area contributed by atoms with Crippen LogP contribution in [0.1, 0.15) is 41.3 Å². The molecule has 1 saturated heterocycles. The molecule has 0 saturated carbocycles. The number of rotatable bonds is 7. The Bertz CT molecular complexity index is 971. The molecule has 1 fully saturated rings. The molecule has 2 aromatic carbocycles. The number of benzene rings is 2. The summed E-state index contributed by atoms with van der Waals surface area (Å²) in [5.41, 5.74) is 2.53. The van der Waals surface area contributed by atoms with Crippen LogP contribution in [0.25, 0.3) is 0 Å². The molecule has 29 heavy (non-hydrogen) atoms. The minimum absolute atomic E-state index is 0.128. The van der Waals surface area contributed by atoms with Crippen molar-refractivity contribution in [3.05, 3.63) is 59.2 Å². The number of hydrogen-bond donors (Lipinski definition) is 3. The Balaban J connectivity index is 1.63. The molecule has 2 atom stereocenters. The van der Waals surface area contributed by atoms with Crippen molar-refractivity contribution in [2.45, 2.75) is 44.6 Å². The number of anilines is 1. The summed E-state index contributed by atoms with van der Waals surface area (Å²) in [5.74, 6) is -0.128. The second-order valence-electron chi connectivity index (χ2n) is 7.76. The second kappa shape index (κ2) is 8.97. The smallest absolute Gasteiger partial charge is 0.262 e. The highest BCUT2D eigenvalue weighted by atomic mass is 32.2. The fourth-order valence-electron chi connectivity index (χ4n) is 3.91. The van der Waals surface area contributed by atoms with Gasteiger partial charge in [0, 0.05) is 24.1 Å². The molecule has 2 aromatic rings. The van der Waals surface area contributed by atoms with E-state index in [1.807, 2.05) is 13.0 Å². The van der Waals surface area contributed by atoms with Gasteiger partial charge in [0.15, 0.2) is 0 Å². The van der Waals surface area contributed by atoms with E-state index < -0.39 is 10.0 Å². The first kappa shape index (κ1) is 21.3. The molecule has 1 unspecified atom stereocenters. The van der Waals surface area contributed by atoms with Gasteiger partial charge in [-0.2, -0.15) is 0 Å². The molecule has 1 heterocycles. The summed E-state index contributed by atoms with van der Waals surface area (Å²) in [6.07, 6.45) is 2.35. The van der Waals surface area contributed by atoms with Crippen LogP contribution in [0.5, 0.6) is 0 Å². The van der Waals surface area contributed by atoms with Gasteiger partial charge in [0.25, 0.3) is 15.9 Å². The third kappa shape index (κ3) is 5.16. The van der Waals surface area contributed by atoms with Crippen LogP contribution in [-0.2, 0) is 10.0 Å². The molecule has 0 radical (unpaired) electrons. The van der Waals surface area contributed by atoms with Crippen LogP contribution < -0.4 is 14.9 Å². The zero-order valence-electron chi connectivity index (χ0n) is 17.3. The van der Waals surface area contributed by atoms with Gasteiger partial charge in [-0.3, -0.25) is 9.52 Å². The van der Waals surface area contributed by atoms with E-state index in [2.05, 4.69) is 17.0 Å². The molecule has 0 bridgehead atoms. The molecule has 0 aliphatic carbocycles. The summed E-state index contributed by atoms with van der Waals surface area (Å²) in [7, 11) is -3.68. The Kier molecular flexibility index (Phi) is 6.59. The number of nitrogens with one attached hydrogen (secondary N) is 3. The summed E-state index contributed by atoms with van der Waals surface area (Å²) in [6, 6.07) is 12.4. The number of hydrogen-bond acceptors (Lipinski definition) is 3. The third-order valence-corrected chi connectivity index (χ3v) is 7.15. The quantitative estimate of drug-likeness (QED) is 0.645. The molecule has 7 heteroatoms. The summed E-state index contributed by atoms with van der Waals surface area (Å²) in [5, 5.41) is 3.01. The van der Waals surface area contributed by atoms with Crippen LogP contribution in [0.15, 0.2) is 47.4 Å². The summed E-state index contributed by atoms with van der Waals surface area (Å²) in [6.45, 7) is 8.73. The van der Waals surface area contributed by atoms with Crippen LogP contribution in [0, 0.1) is 13.8 Å². The lowest BCUT2D eigenvalue weighted by molar-refractivity contribution is -0.909. The summed E-state index contributed by atoms with van der Waals surface area (Å²) in [4.78, 5) is 14.2. The van der Waals surface area contributed by atoms with Gasteiger partial charge in [-0.15, -0.1) is 0 Å². The standard InChI is InChI=1S/C22H29N3O3S/c1-4-25-13-5-6-20(25)15-23-22(26)18-9-11-19(12-10-18)24-29(27,28)21-14-16(2)7-8-17(21)3/h7-12,14,20,24H,4-6,13,15H2,1-3H3,(H,23,26)/p+1/t20-/m1/s1. The van der Waals surface area contributed by atoms with E-state index >= 15 is 0 Å². The number of carbonyl (C=O) groups excluding carboxylic acids is 1. The topological polar surface area (TPSA) is 79.7 Å². The number of likely N-dealkylation sites (tertiary alicyclic amines) is 1. The van der Waals surface area contributed by atoms with Gasteiger partial charge in [0.1, 0.15) is 6.04 Å². The SMILES string of the molecule is CC[NH+]1CCC[C@@H]1CNC(=O)c1ccc(NS(=O)(=O)c2cc(C)ccc2C)cc1. The van der Waals surface area contributed by atoms with Crippen LogP contribution in [0.2, 0.25) is 0 Å². The van der Waals surface area contributed by atoms with Gasteiger partial charge in [-0.1, -0.05) is 12.1 Å². The second-order valence-corrected chi connectivity index (χ2v) is 9.41. The van der Waals surface area contributed by atoms with Crippen molar-refractivity contribution in [1.29, 1.82) is 0 Å². The van der Waals surface area contributed by atoms with E-state index in [9.17, 15) is 13.2 Å². The molecule has 1 aliphatic rings. The van der Waals surface area contributed by atoms with E-state index in [1.165, 1.54) is 13.0 Å². The van der Waals surface area contributed by atoms with Gasteiger partial charge in [-0.25, -0.2) is 8.42 Å². The van der Waals surface area contributed by atoms with Crippen molar-refractivity contribution in [3.63, 3.8) is 0 Å². The van der Waals surface area contributed by atoms with Crippen molar-refractivity contribution < 1.29 is 18.1 Å². The Labute approximate surface area is 173 Å². The van der Waals surface area contributed by atoms with Crippen molar-refractivity contribution in [2.75, 3.05) is 24.4 Å². The van der Waals surface area contributed by atoms with Crippen LogP contribution >= 0.6 is 0 Å². The summed E-state index contributed by atoms with van der Waals surface area (Å²) < 4.78 is 28.0. The third-order valence-electron chi connectivity index (χ3n) is 5.62. The predicted molar refractivity (Wildman–Crippen MR) is 115 cm³/mol. The molecule has 0 spiro atoms. The number of sulfonamides is 1. The number of carbonyl (C=O) groups is 1. The average Bonchev–Trinajstić information content (AvgIpc) is 3.15. The largest absolute Gasteiger partial charge is 0.346 e. The molecule has 1 amide bonds. The maximum absolute atomic E-state index is 12.7. The maximum atomic E-state index is 12.7. The molecule has 6 nitrogen and oxygen atoms in total. The van der Waals surface area contributed by atoms with E-state index in [1.54, 1.807) is 48.2 Å². The van der Waals surface area contributed by atoms with Crippen molar-refractivity contribution in [1.82, 2.24) is 5.32 Å². The number of amides is 1. The zero-order valence-corrected chi connectivity index (χ0v) is 18.1. The van der Waals surface area contributed by atoms with Crippen LogP contribution in [0.3, 0.4) is 0 Å². The molecule has 0 aromatic heterocycles. The lowest BCUT2D eigenvalue weighted by Gasteiger charge is -2.20. The fourth-order valence-corrected chi connectivity index (χ4v) is 5.30. The number of aryl methyl sites for hydroxylation is 2. The number of quaternary nitrogens is 1. The minimum Gasteiger partial charge on any atom is -0.346 e. The highest BCUT2D eigenvalue weighted by Crippen LogP contribution is 2.21. The Morgan fingerprint density at radius 3 is 2.55 bits per heavy atom. The van der Waals surface area contributed by atoms with Crippen molar-refractivity contribution in [2.24, 2.45) is 0 Å². The van der Waals surface area contributed by atoms with Gasteiger partial charge < -0.3 is 10.2 Å². The van der Waals surface area contributed by atoms with Crippen LogP contribution in [-0.4, -0.2) is 40.0 Å². The van der Waals surface area contributed by atoms with Crippen molar-refractivity contribution >= 4 is 21.6 Å². The highest BCUT2D eigenvalue weighted by Gasteiger charge is 2.27. The zero-order chi connectivity index (χ0) is 21.0. The molecule has 156 valence electrons. The van der Waals surface area contributed by atoms with E-state index in [0.717, 1.165) is 18.5 Å². The first-order chi connectivity index (χ1) is 13.8. The van der Waals surface area contributed by atoms with Gasteiger partial charge in [0.05, 0.1) is 24.5 Å².